The lowest BCUT2D eigenvalue weighted by molar-refractivity contribution is -0.143. The highest BCUT2D eigenvalue weighted by Gasteiger charge is 2.50. The van der Waals surface area contributed by atoms with Gasteiger partial charge in [0.25, 0.3) is 0 Å². The fourth-order valence-corrected chi connectivity index (χ4v) is 7.22. The van der Waals surface area contributed by atoms with E-state index in [2.05, 4.69) is 36.6 Å². The van der Waals surface area contributed by atoms with Gasteiger partial charge in [0.1, 0.15) is 28.2 Å². The van der Waals surface area contributed by atoms with E-state index in [1.807, 2.05) is 12.1 Å². The van der Waals surface area contributed by atoms with E-state index in [1.54, 1.807) is 12.4 Å². The van der Waals surface area contributed by atoms with Crippen molar-refractivity contribution in [3.63, 3.8) is 0 Å². The lowest BCUT2D eigenvalue weighted by Gasteiger charge is -2.44. The van der Waals surface area contributed by atoms with Gasteiger partial charge in [0.15, 0.2) is 0 Å². The van der Waals surface area contributed by atoms with Gasteiger partial charge in [0.05, 0.1) is 23.1 Å². The maximum Gasteiger partial charge on any atom is 0.246 e. The normalized spacial score (nSPS) is 29.6. The molecule has 212 valence electrons. The molecule has 4 heterocycles. The van der Waals surface area contributed by atoms with E-state index in [0.717, 1.165) is 31.4 Å². The van der Waals surface area contributed by atoms with Crippen LogP contribution in [0.3, 0.4) is 0 Å². The van der Waals surface area contributed by atoms with Crippen molar-refractivity contribution in [2.24, 2.45) is 0 Å². The average Bonchev–Trinajstić information content (AvgIpc) is 3.56. The van der Waals surface area contributed by atoms with Gasteiger partial charge in [-0.05, 0) is 50.7 Å². The molecule has 0 bridgehead atoms. The van der Waals surface area contributed by atoms with Gasteiger partial charge in [0, 0.05) is 24.6 Å². The molecule has 13 heteroatoms. The summed E-state index contributed by atoms with van der Waals surface area (Å²) in [6.45, 7) is 0. The summed E-state index contributed by atoms with van der Waals surface area (Å²) in [7, 11) is 0. The van der Waals surface area contributed by atoms with Crippen LogP contribution in [0.4, 0.5) is 10.7 Å². The van der Waals surface area contributed by atoms with E-state index in [4.69, 9.17) is 5.73 Å². The second-order valence-corrected chi connectivity index (χ2v) is 12.6. The van der Waals surface area contributed by atoms with Crippen LogP contribution in [0.2, 0.25) is 0 Å². The Kier molecular flexibility index (Phi) is 6.85. The lowest BCUT2D eigenvalue weighted by atomic mass is 9.76. The molecule has 4 aliphatic rings. The molecule has 2 aromatic heterocycles. The number of thiazole rings is 1. The molecule has 12 nitrogen and oxygen atoms in total. The summed E-state index contributed by atoms with van der Waals surface area (Å²) in [5, 5.41) is 16.5. The number of nitrogens with two attached hydrogens (primary N) is 1. The first-order valence-electron chi connectivity index (χ1n) is 13.9. The first kappa shape index (κ1) is 26.5. The number of hydrogen-bond acceptors (Lipinski definition) is 9. The third-order valence-electron chi connectivity index (χ3n) is 8.60. The maximum absolute atomic E-state index is 13.2. The van der Waals surface area contributed by atoms with Crippen molar-refractivity contribution in [1.29, 1.82) is 0 Å². The molecule has 0 aromatic carbocycles. The molecule has 4 fully saturated rings. The van der Waals surface area contributed by atoms with Crippen molar-refractivity contribution < 1.29 is 19.2 Å². The number of rotatable bonds is 6. The zero-order valence-electron chi connectivity index (χ0n) is 22.1. The van der Waals surface area contributed by atoms with Gasteiger partial charge >= 0.3 is 0 Å². The highest BCUT2D eigenvalue weighted by molar-refractivity contribution is 7.15. The van der Waals surface area contributed by atoms with Gasteiger partial charge in [-0.15, -0.1) is 11.3 Å². The molecule has 2 saturated carbocycles. The second-order valence-electron chi connectivity index (χ2n) is 11.4. The minimum Gasteiger partial charge on any atom is -0.389 e. The Hall–Kier alpha value is -3.74. The minimum atomic E-state index is -0.956. The van der Waals surface area contributed by atoms with Gasteiger partial charge < -0.3 is 32.3 Å². The number of nitrogens with zero attached hydrogens (tertiary/aromatic N) is 2. The van der Waals surface area contributed by atoms with Crippen molar-refractivity contribution in [1.82, 2.24) is 31.2 Å². The number of carbonyl (C=O) groups is 4. The molecular weight excluding hydrogens is 532 g/mol. The van der Waals surface area contributed by atoms with Crippen LogP contribution in [-0.4, -0.2) is 62.8 Å². The van der Waals surface area contributed by atoms with Crippen molar-refractivity contribution in [2.45, 2.75) is 93.4 Å². The number of carbonyl (C=O) groups excluding carboxylic acids is 4. The Morgan fingerprint density at radius 3 is 2.23 bits per heavy atom. The number of pyridine rings is 1. The van der Waals surface area contributed by atoms with E-state index >= 15 is 0 Å². The molecule has 4 atom stereocenters. The van der Waals surface area contributed by atoms with Crippen LogP contribution in [0.1, 0.15) is 62.1 Å². The molecule has 6 rings (SSSR count). The number of nitrogens with one attached hydrogen (secondary N) is 5. The zero-order valence-corrected chi connectivity index (χ0v) is 22.9. The molecule has 2 saturated heterocycles. The first-order valence-corrected chi connectivity index (χ1v) is 14.7. The predicted molar refractivity (Wildman–Crippen MR) is 148 cm³/mol. The Morgan fingerprint density at radius 1 is 0.875 bits per heavy atom. The third-order valence-corrected chi connectivity index (χ3v) is 9.45. The van der Waals surface area contributed by atoms with E-state index in [0.29, 0.717) is 54.2 Å². The highest BCUT2D eigenvalue weighted by atomic mass is 32.1. The molecular formula is C27H34N8O4S. The molecule has 0 radical (unpaired) electrons. The summed E-state index contributed by atoms with van der Waals surface area (Å²) in [4.78, 5) is 60.3. The van der Waals surface area contributed by atoms with Crippen LogP contribution in [-0.2, 0) is 32.0 Å². The molecule has 2 aliphatic carbocycles. The second kappa shape index (κ2) is 10.3. The fraction of sp³-hybridized carbons (Fsp3) is 0.556. The topological polar surface area (TPSA) is 180 Å². The average molecular weight is 567 g/mol. The number of amides is 4. The van der Waals surface area contributed by atoms with Crippen LogP contribution in [0.25, 0.3) is 0 Å². The van der Waals surface area contributed by atoms with Crippen LogP contribution in [0.5, 0.6) is 0 Å². The van der Waals surface area contributed by atoms with Gasteiger partial charge in [-0.2, -0.15) is 0 Å². The Morgan fingerprint density at radius 2 is 1.55 bits per heavy atom. The summed E-state index contributed by atoms with van der Waals surface area (Å²) in [5.41, 5.74) is 5.53. The largest absolute Gasteiger partial charge is 0.389 e. The molecule has 2 aliphatic heterocycles. The number of nitrogen functional groups attached to an aromatic ring is 1. The van der Waals surface area contributed by atoms with E-state index in [1.165, 1.54) is 11.3 Å². The summed E-state index contributed by atoms with van der Waals surface area (Å²) < 4.78 is 0. The predicted octanol–water partition coefficient (Wildman–Crippen LogP) is 0.541. The first-order chi connectivity index (χ1) is 19.2. The highest BCUT2D eigenvalue weighted by Crippen LogP contribution is 2.34. The molecule has 4 unspecified atom stereocenters. The summed E-state index contributed by atoms with van der Waals surface area (Å²) in [5.74, 6) is -0.646. The van der Waals surface area contributed by atoms with Crippen LogP contribution < -0.4 is 32.3 Å². The number of aromatic nitrogens is 2. The molecule has 7 N–H and O–H groups in total. The quantitative estimate of drug-likeness (QED) is 0.293. The van der Waals surface area contributed by atoms with Gasteiger partial charge in [-0.1, -0.05) is 12.8 Å². The Bertz CT molecular complexity index is 1320. The van der Waals surface area contributed by atoms with Crippen molar-refractivity contribution >= 4 is 45.7 Å². The van der Waals surface area contributed by atoms with Crippen LogP contribution in [0.15, 0.2) is 24.5 Å². The minimum absolute atomic E-state index is 0.0335. The van der Waals surface area contributed by atoms with Crippen molar-refractivity contribution in [2.75, 3.05) is 11.1 Å². The number of anilines is 2. The zero-order chi connectivity index (χ0) is 27.9. The van der Waals surface area contributed by atoms with Crippen molar-refractivity contribution in [3.05, 3.63) is 35.2 Å². The molecule has 40 heavy (non-hydrogen) atoms. The van der Waals surface area contributed by atoms with E-state index < -0.39 is 23.2 Å². The maximum atomic E-state index is 13.2. The molecule has 2 aromatic rings. The number of hydrogen-bond donors (Lipinski definition) is 6. The van der Waals surface area contributed by atoms with Gasteiger partial charge in [0.2, 0.25) is 23.6 Å². The lowest BCUT2D eigenvalue weighted by Crippen LogP contribution is -2.71. The monoisotopic (exact) mass is 566 g/mol. The SMILES string of the molecule is Nc1cnc(CC2NC(=O)C3(CCCC(Nc4ccc(CC5NC(=O)C6(CCCC6)NC5=O)nc4)C3)NC2=O)s1. The summed E-state index contributed by atoms with van der Waals surface area (Å²) >= 11 is 1.31. The number of piperazine rings is 2. The smallest absolute Gasteiger partial charge is 0.246 e. The van der Waals surface area contributed by atoms with Crippen LogP contribution in [0, 0.1) is 0 Å². The van der Waals surface area contributed by atoms with E-state index in [-0.39, 0.29) is 29.7 Å². The molecule has 4 amide bonds. The Balaban J connectivity index is 1.04. The third kappa shape index (κ3) is 5.09. The Labute approximate surface area is 235 Å². The van der Waals surface area contributed by atoms with Crippen LogP contribution >= 0.6 is 11.3 Å². The van der Waals surface area contributed by atoms with Gasteiger partial charge in [-0.3, -0.25) is 24.2 Å². The standard InChI is InChI=1S/C27H34N8O4S/c28-20-14-30-21(40-20)11-19-23(37)35-27(25(39)33-19)9-3-4-16(12-27)31-17-6-5-15(29-13-17)10-18-22(36)34-26(24(38)32-18)7-1-2-8-26/h5-6,13-14,16,18-19,31H,1-4,7-12,28H2,(H,32,38)(H,33,39)(H,34,36)(H,35,37). The van der Waals surface area contributed by atoms with E-state index in [9.17, 15) is 19.2 Å². The fourth-order valence-electron chi connectivity index (χ4n) is 6.49. The van der Waals surface area contributed by atoms with Gasteiger partial charge in [-0.25, -0.2) is 4.98 Å². The molecule has 2 spiro atoms. The summed E-state index contributed by atoms with van der Waals surface area (Å²) in [6, 6.07) is 2.38. The van der Waals surface area contributed by atoms with Crippen molar-refractivity contribution in [3.8, 4) is 0 Å². The summed E-state index contributed by atoms with van der Waals surface area (Å²) in [6.07, 6.45) is 9.79.